The smallest absolute Gasteiger partial charge is 0.223 e. The summed E-state index contributed by atoms with van der Waals surface area (Å²) in [5.41, 5.74) is 1.06. The van der Waals surface area contributed by atoms with Gasteiger partial charge in [-0.25, -0.2) is 0 Å². The Labute approximate surface area is 154 Å². The first-order valence-electron chi connectivity index (χ1n) is 8.07. The predicted octanol–water partition coefficient (Wildman–Crippen LogP) is 4.30. The summed E-state index contributed by atoms with van der Waals surface area (Å²) in [6.45, 7) is 2.72. The van der Waals surface area contributed by atoms with Gasteiger partial charge in [0, 0.05) is 19.0 Å². The molecule has 0 aromatic heterocycles. The van der Waals surface area contributed by atoms with Crippen molar-refractivity contribution in [3.63, 3.8) is 0 Å². The maximum absolute atomic E-state index is 12.7. The van der Waals surface area contributed by atoms with Crippen LogP contribution in [-0.2, 0) is 11.3 Å². The Hall–Kier alpha value is -0.480. The summed E-state index contributed by atoms with van der Waals surface area (Å²) < 4.78 is 0. The summed E-state index contributed by atoms with van der Waals surface area (Å²) in [5.74, 6) is 0.823. The van der Waals surface area contributed by atoms with Gasteiger partial charge in [-0.15, -0.1) is 12.4 Å². The molecule has 1 aromatic rings. The first kappa shape index (κ1) is 18.9. The van der Waals surface area contributed by atoms with Crippen LogP contribution in [0.4, 0.5) is 0 Å². The predicted molar refractivity (Wildman–Crippen MR) is 97.5 cm³/mol. The van der Waals surface area contributed by atoms with Gasteiger partial charge in [0.2, 0.25) is 5.91 Å². The molecule has 1 aliphatic heterocycles. The number of rotatable bonds is 5. The topological polar surface area (TPSA) is 32.3 Å². The highest BCUT2D eigenvalue weighted by Gasteiger charge is 2.33. The third-order valence-corrected chi connectivity index (χ3v) is 5.31. The van der Waals surface area contributed by atoms with E-state index in [0.29, 0.717) is 40.9 Å². The molecule has 1 saturated carbocycles. The molecule has 3 rings (SSSR count). The van der Waals surface area contributed by atoms with Crippen molar-refractivity contribution in [2.45, 2.75) is 44.7 Å². The fraction of sp³-hybridized carbons (Fsp3) is 0.588. The summed E-state index contributed by atoms with van der Waals surface area (Å²) >= 11 is 12.1. The zero-order chi connectivity index (χ0) is 15.5. The highest BCUT2D eigenvalue weighted by atomic mass is 35.5. The number of carbonyl (C=O) groups is 1. The largest absolute Gasteiger partial charge is 0.335 e. The van der Waals surface area contributed by atoms with Gasteiger partial charge in [0.15, 0.2) is 0 Å². The molecular weight excluding hydrogens is 355 g/mol. The van der Waals surface area contributed by atoms with E-state index < -0.39 is 0 Å². The Balaban J connectivity index is 0.00000192. The molecule has 128 valence electrons. The lowest BCUT2D eigenvalue weighted by Crippen LogP contribution is -2.36. The van der Waals surface area contributed by atoms with Crippen LogP contribution in [0.5, 0.6) is 0 Å². The van der Waals surface area contributed by atoms with Gasteiger partial charge >= 0.3 is 0 Å². The fourth-order valence-corrected chi connectivity index (χ4v) is 3.41. The highest BCUT2D eigenvalue weighted by molar-refractivity contribution is 6.42. The van der Waals surface area contributed by atoms with Crippen molar-refractivity contribution >= 4 is 41.5 Å². The highest BCUT2D eigenvalue weighted by Crippen LogP contribution is 2.31. The molecule has 1 aliphatic carbocycles. The van der Waals surface area contributed by atoms with Gasteiger partial charge in [-0.3, -0.25) is 4.79 Å². The van der Waals surface area contributed by atoms with E-state index in [1.807, 2.05) is 23.1 Å². The molecule has 0 spiro atoms. The maximum Gasteiger partial charge on any atom is 0.223 e. The summed E-state index contributed by atoms with van der Waals surface area (Å²) in [6, 6.07) is 6.06. The minimum atomic E-state index is 0. The van der Waals surface area contributed by atoms with Crippen LogP contribution in [0, 0.1) is 5.92 Å². The monoisotopic (exact) mass is 376 g/mol. The van der Waals surface area contributed by atoms with Gasteiger partial charge < -0.3 is 10.2 Å². The van der Waals surface area contributed by atoms with E-state index in [1.54, 1.807) is 0 Å². The molecule has 23 heavy (non-hydrogen) atoms. The maximum atomic E-state index is 12.7. The molecule has 0 unspecified atom stereocenters. The van der Waals surface area contributed by atoms with E-state index in [1.165, 1.54) is 0 Å². The molecule has 1 amide bonds. The molecule has 1 N–H and O–H groups in total. The SMILES string of the molecule is Cl.O=C(CC1CCNCC1)N(Cc1ccc(Cl)c(Cl)c1)C1CC1. The lowest BCUT2D eigenvalue weighted by atomic mass is 9.94. The molecule has 3 nitrogen and oxygen atoms in total. The van der Waals surface area contributed by atoms with Gasteiger partial charge in [-0.05, 0) is 62.4 Å². The van der Waals surface area contributed by atoms with Crippen LogP contribution in [0.25, 0.3) is 0 Å². The number of nitrogens with zero attached hydrogens (tertiary/aromatic N) is 1. The molecule has 6 heteroatoms. The lowest BCUT2D eigenvalue weighted by Gasteiger charge is -2.27. The Morgan fingerprint density at radius 2 is 1.83 bits per heavy atom. The van der Waals surface area contributed by atoms with E-state index in [4.69, 9.17) is 23.2 Å². The lowest BCUT2D eigenvalue weighted by molar-refractivity contribution is -0.133. The first-order valence-corrected chi connectivity index (χ1v) is 8.83. The Morgan fingerprint density at radius 3 is 2.43 bits per heavy atom. The Kier molecular flexibility index (Phi) is 7.02. The van der Waals surface area contributed by atoms with E-state index in [-0.39, 0.29) is 12.4 Å². The number of benzene rings is 1. The number of piperidine rings is 1. The minimum absolute atomic E-state index is 0. The van der Waals surface area contributed by atoms with Crippen LogP contribution in [0.15, 0.2) is 18.2 Å². The summed E-state index contributed by atoms with van der Waals surface area (Å²) in [7, 11) is 0. The van der Waals surface area contributed by atoms with E-state index in [9.17, 15) is 4.79 Å². The van der Waals surface area contributed by atoms with Gasteiger partial charge in [0.1, 0.15) is 0 Å². The molecular formula is C17H23Cl3N2O. The summed E-state index contributed by atoms with van der Waals surface area (Å²) in [5, 5.41) is 4.47. The van der Waals surface area contributed by atoms with Crippen molar-refractivity contribution in [1.29, 1.82) is 0 Å². The van der Waals surface area contributed by atoms with Crippen LogP contribution < -0.4 is 5.32 Å². The fourth-order valence-electron chi connectivity index (χ4n) is 3.09. The Bertz CT molecular complexity index is 543. The van der Waals surface area contributed by atoms with E-state index >= 15 is 0 Å². The normalized spacial score (nSPS) is 18.3. The quantitative estimate of drug-likeness (QED) is 0.830. The summed E-state index contributed by atoms with van der Waals surface area (Å²) in [4.78, 5) is 14.7. The van der Waals surface area contributed by atoms with Crippen LogP contribution in [0.2, 0.25) is 10.0 Å². The number of amides is 1. The van der Waals surface area contributed by atoms with Crippen LogP contribution in [0.1, 0.15) is 37.7 Å². The zero-order valence-electron chi connectivity index (χ0n) is 13.1. The van der Waals surface area contributed by atoms with Crippen molar-refractivity contribution in [2.75, 3.05) is 13.1 Å². The molecule has 0 bridgehead atoms. The third kappa shape index (κ3) is 5.25. The third-order valence-electron chi connectivity index (χ3n) is 4.57. The second-order valence-electron chi connectivity index (χ2n) is 6.40. The van der Waals surface area contributed by atoms with Crippen LogP contribution in [-0.4, -0.2) is 29.9 Å². The first-order chi connectivity index (χ1) is 10.6. The average Bonchev–Trinajstić information content (AvgIpc) is 3.34. The molecule has 1 aromatic carbocycles. The second kappa shape index (κ2) is 8.57. The standard InChI is InChI=1S/C17H22Cl2N2O.ClH/c18-15-4-1-13(9-16(15)19)11-21(14-2-3-14)17(22)10-12-5-7-20-8-6-12;/h1,4,9,12,14,20H,2-3,5-8,10-11H2;1H. The molecule has 1 heterocycles. The number of carbonyl (C=O) groups excluding carboxylic acids is 1. The zero-order valence-corrected chi connectivity index (χ0v) is 15.4. The average molecular weight is 378 g/mol. The number of hydrogen-bond donors (Lipinski definition) is 1. The summed E-state index contributed by atoms with van der Waals surface area (Å²) in [6.07, 6.45) is 5.14. The van der Waals surface area contributed by atoms with Crippen molar-refractivity contribution in [1.82, 2.24) is 10.2 Å². The second-order valence-corrected chi connectivity index (χ2v) is 7.21. The van der Waals surface area contributed by atoms with Gasteiger partial charge in [0.05, 0.1) is 10.0 Å². The van der Waals surface area contributed by atoms with Gasteiger partial charge in [0.25, 0.3) is 0 Å². The number of halogens is 3. The molecule has 1 saturated heterocycles. The van der Waals surface area contributed by atoms with Crippen molar-refractivity contribution in [3.05, 3.63) is 33.8 Å². The number of nitrogens with one attached hydrogen (secondary N) is 1. The van der Waals surface area contributed by atoms with Gasteiger partial charge in [-0.1, -0.05) is 29.3 Å². The van der Waals surface area contributed by atoms with Crippen molar-refractivity contribution in [2.24, 2.45) is 5.92 Å². The van der Waals surface area contributed by atoms with E-state index in [2.05, 4.69) is 5.32 Å². The molecule has 2 fully saturated rings. The van der Waals surface area contributed by atoms with Crippen LogP contribution in [0.3, 0.4) is 0 Å². The van der Waals surface area contributed by atoms with E-state index in [0.717, 1.165) is 44.3 Å². The Morgan fingerprint density at radius 1 is 1.13 bits per heavy atom. The van der Waals surface area contributed by atoms with Crippen molar-refractivity contribution in [3.8, 4) is 0 Å². The van der Waals surface area contributed by atoms with Crippen LogP contribution >= 0.6 is 35.6 Å². The van der Waals surface area contributed by atoms with Crippen molar-refractivity contribution < 1.29 is 4.79 Å². The molecule has 0 radical (unpaired) electrons. The molecule has 0 atom stereocenters. The minimum Gasteiger partial charge on any atom is -0.335 e. The van der Waals surface area contributed by atoms with Gasteiger partial charge in [-0.2, -0.15) is 0 Å². The number of hydrogen-bond acceptors (Lipinski definition) is 2. The molecule has 2 aliphatic rings.